The standard InChI is InChI=1S/C20H21N5O/c1-20(2,13-26)25-12-16(10-23-25)14-6-7-24-18(11-22-19(24)9-14)15-4-3-5-17(21)8-15/h3-12,26H,13,21H2,1-2H3. The SMILES string of the molecule is CC(C)(CO)n1cc(-c2ccn3c(-c4cccc(N)c4)cnc3c2)cn1. The van der Waals surface area contributed by atoms with Crippen LogP contribution in [0, 0.1) is 0 Å². The van der Waals surface area contributed by atoms with Crippen LogP contribution in [0.5, 0.6) is 0 Å². The Hall–Kier alpha value is -3.12. The molecule has 0 bridgehead atoms. The zero-order valence-corrected chi connectivity index (χ0v) is 14.8. The van der Waals surface area contributed by atoms with Gasteiger partial charge in [0.25, 0.3) is 0 Å². The van der Waals surface area contributed by atoms with Crippen LogP contribution in [0.4, 0.5) is 5.69 Å². The van der Waals surface area contributed by atoms with Gasteiger partial charge in [0.1, 0.15) is 5.65 Å². The Morgan fingerprint density at radius 1 is 1.08 bits per heavy atom. The van der Waals surface area contributed by atoms with Gasteiger partial charge in [0.2, 0.25) is 0 Å². The van der Waals surface area contributed by atoms with E-state index in [9.17, 15) is 5.11 Å². The molecule has 4 aromatic rings. The van der Waals surface area contributed by atoms with Crippen LogP contribution in [0.3, 0.4) is 0 Å². The second-order valence-electron chi connectivity index (χ2n) is 7.06. The van der Waals surface area contributed by atoms with E-state index in [2.05, 4.69) is 10.1 Å². The molecule has 0 saturated heterocycles. The summed E-state index contributed by atoms with van der Waals surface area (Å²) in [5.74, 6) is 0. The lowest BCUT2D eigenvalue weighted by molar-refractivity contribution is 0.152. The number of nitrogen functional groups attached to an aromatic ring is 1. The highest BCUT2D eigenvalue weighted by Gasteiger charge is 2.20. The lowest BCUT2D eigenvalue weighted by Crippen LogP contribution is -2.30. The van der Waals surface area contributed by atoms with Crippen LogP contribution >= 0.6 is 0 Å². The number of benzene rings is 1. The van der Waals surface area contributed by atoms with Crippen molar-refractivity contribution in [2.24, 2.45) is 0 Å². The van der Waals surface area contributed by atoms with Crippen LogP contribution < -0.4 is 5.73 Å². The van der Waals surface area contributed by atoms with Crippen molar-refractivity contribution >= 4 is 11.3 Å². The first-order chi connectivity index (χ1) is 12.5. The van der Waals surface area contributed by atoms with Crippen molar-refractivity contribution in [1.29, 1.82) is 0 Å². The normalized spacial score (nSPS) is 12.0. The van der Waals surface area contributed by atoms with E-state index in [1.54, 1.807) is 4.68 Å². The summed E-state index contributed by atoms with van der Waals surface area (Å²) in [6.07, 6.45) is 7.62. The summed E-state index contributed by atoms with van der Waals surface area (Å²) in [7, 11) is 0. The first kappa shape index (κ1) is 16.4. The van der Waals surface area contributed by atoms with Gasteiger partial charge in [-0.2, -0.15) is 5.10 Å². The van der Waals surface area contributed by atoms with Crippen molar-refractivity contribution < 1.29 is 5.11 Å². The zero-order valence-electron chi connectivity index (χ0n) is 14.8. The summed E-state index contributed by atoms with van der Waals surface area (Å²) in [5, 5.41) is 13.9. The predicted octanol–water partition coefficient (Wildman–Crippen LogP) is 3.17. The van der Waals surface area contributed by atoms with Gasteiger partial charge >= 0.3 is 0 Å². The van der Waals surface area contributed by atoms with Crippen LogP contribution in [-0.4, -0.2) is 30.9 Å². The summed E-state index contributed by atoms with van der Waals surface area (Å²) in [6, 6.07) is 11.8. The number of rotatable bonds is 4. The molecule has 0 radical (unpaired) electrons. The van der Waals surface area contributed by atoms with E-state index in [1.807, 2.05) is 79.4 Å². The number of imidazole rings is 1. The molecule has 6 heteroatoms. The second kappa shape index (κ2) is 6.00. The number of aliphatic hydroxyl groups excluding tert-OH is 1. The fraction of sp³-hybridized carbons (Fsp3) is 0.200. The number of anilines is 1. The molecule has 3 aromatic heterocycles. The Labute approximate surface area is 151 Å². The Kier molecular flexibility index (Phi) is 3.77. The van der Waals surface area contributed by atoms with Gasteiger partial charge < -0.3 is 10.8 Å². The molecule has 0 fully saturated rings. The molecule has 4 rings (SSSR count). The van der Waals surface area contributed by atoms with Gasteiger partial charge in [0, 0.05) is 29.2 Å². The first-order valence-corrected chi connectivity index (χ1v) is 8.47. The van der Waals surface area contributed by atoms with Crippen molar-refractivity contribution in [1.82, 2.24) is 19.2 Å². The minimum atomic E-state index is -0.434. The largest absolute Gasteiger partial charge is 0.399 e. The number of hydrogen-bond acceptors (Lipinski definition) is 4. The lowest BCUT2D eigenvalue weighted by Gasteiger charge is -2.22. The van der Waals surface area contributed by atoms with Gasteiger partial charge in [-0.3, -0.25) is 9.08 Å². The van der Waals surface area contributed by atoms with E-state index >= 15 is 0 Å². The maximum absolute atomic E-state index is 9.52. The molecule has 0 saturated carbocycles. The molecular weight excluding hydrogens is 326 g/mol. The van der Waals surface area contributed by atoms with Crippen molar-refractivity contribution in [3.63, 3.8) is 0 Å². The number of aromatic nitrogens is 4. The number of pyridine rings is 1. The van der Waals surface area contributed by atoms with E-state index < -0.39 is 5.54 Å². The number of fused-ring (bicyclic) bond motifs is 1. The van der Waals surface area contributed by atoms with E-state index in [4.69, 9.17) is 5.73 Å². The third-order valence-corrected chi connectivity index (χ3v) is 4.62. The Morgan fingerprint density at radius 3 is 2.69 bits per heavy atom. The molecule has 0 atom stereocenters. The smallest absolute Gasteiger partial charge is 0.137 e. The van der Waals surface area contributed by atoms with Crippen LogP contribution in [0.15, 0.2) is 61.2 Å². The average Bonchev–Trinajstić information content (AvgIpc) is 3.29. The van der Waals surface area contributed by atoms with Crippen LogP contribution in [0.25, 0.3) is 28.0 Å². The van der Waals surface area contributed by atoms with Gasteiger partial charge in [0.15, 0.2) is 0 Å². The Bertz CT molecular complexity index is 1080. The molecule has 0 aliphatic rings. The molecule has 0 spiro atoms. The van der Waals surface area contributed by atoms with Gasteiger partial charge in [-0.25, -0.2) is 4.98 Å². The fourth-order valence-corrected chi connectivity index (χ4v) is 2.95. The maximum atomic E-state index is 9.52. The highest BCUT2D eigenvalue weighted by molar-refractivity contribution is 5.71. The molecule has 26 heavy (non-hydrogen) atoms. The molecule has 1 aromatic carbocycles. The van der Waals surface area contributed by atoms with Crippen molar-refractivity contribution in [2.45, 2.75) is 19.4 Å². The third-order valence-electron chi connectivity index (χ3n) is 4.62. The summed E-state index contributed by atoms with van der Waals surface area (Å²) in [5.41, 5.74) is 11.1. The molecular formula is C20H21N5O. The molecule has 0 aliphatic heterocycles. The molecule has 3 N–H and O–H groups in total. The predicted molar refractivity (Wildman–Crippen MR) is 103 cm³/mol. The Morgan fingerprint density at radius 2 is 1.92 bits per heavy atom. The number of hydrogen-bond donors (Lipinski definition) is 2. The van der Waals surface area contributed by atoms with Gasteiger partial charge in [-0.15, -0.1) is 0 Å². The van der Waals surface area contributed by atoms with Crippen molar-refractivity contribution in [2.75, 3.05) is 12.3 Å². The molecule has 3 heterocycles. The van der Waals surface area contributed by atoms with Crippen molar-refractivity contribution in [3.8, 4) is 22.4 Å². The molecule has 0 amide bonds. The zero-order chi connectivity index (χ0) is 18.3. The summed E-state index contributed by atoms with van der Waals surface area (Å²) >= 11 is 0. The highest BCUT2D eigenvalue weighted by atomic mass is 16.3. The van der Waals surface area contributed by atoms with Gasteiger partial charge in [-0.1, -0.05) is 12.1 Å². The van der Waals surface area contributed by atoms with Gasteiger partial charge in [-0.05, 0) is 43.7 Å². The molecule has 0 aliphatic carbocycles. The topological polar surface area (TPSA) is 81.4 Å². The summed E-state index contributed by atoms with van der Waals surface area (Å²) in [4.78, 5) is 4.54. The third kappa shape index (κ3) is 2.74. The highest BCUT2D eigenvalue weighted by Crippen LogP contribution is 2.27. The summed E-state index contributed by atoms with van der Waals surface area (Å²) in [6.45, 7) is 3.91. The Balaban J connectivity index is 1.74. The van der Waals surface area contributed by atoms with Crippen molar-refractivity contribution in [3.05, 3.63) is 61.2 Å². The minimum Gasteiger partial charge on any atom is -0.399 e. The monoisotopic (exact) mass is 347 g/mol. The first-order valence-electron chi connectivity index (χ1n) is 8.47. The lowest BCUT2D eigenvalue weighted by atomic mass is 10.1. The maximum Gasteiger partial charge on any atom is 0.137 e. The summed E-state index contributed by atoms with van der Waals surface area (Å²) < 4.78 is 3.83. The molecule has 6 nitrogen and oxygen atoms in total. The van der Waals surface area contributed by atoms with E-state index in [0.29, 0.717) is 0 Å². The quantitative estimate of drug-likeness (QED) is 0.556. The van der Waals surface area contributed by atoms with Crippen LogP contribution in [-0.2, 0) is 5.54 Å². The average molecular weight is 347 g/mol. The number of nitrogens with two attached hydrogens (primary N) is 1. The fourth-order valence-electron chi connectivity index (χ4n) is 2.95. The van der Waals surface area contributed by atoms with E-state index in [0.717, 1.165) is 33.7 Å². The molecule has 132 valence electrons. The van der Waals surface area contributed by atoms with Crippen LogP contribution in [0.1, 0.15) is 13.8 Å². The van der Waals surface area contributed by atoms with E-state index in [1.165, 1.54) is 0 Å². The van der Waals surface area contributed by atoms with Crippen LogP contribution in [0.2, 0.25) is 0 Å². The van der Waals surface area contributed by atoms with E-state index in [-0.39, 0.29) is 6.61 Å². The molecule has 0 unspecified atom stereocenters. The number of nitrogens with zero attached hydrogens (tertiary/aromatic N) is 4. The second-order valence-corrected chi connectivity index (χ2v) is 7.06. The number of aliphatic hydroxyl groups is 1. The van der Waals surface area contributed by atoms with Gasteiger partial charge in [0.05, 0.1) is 30.2 Å². The minimum absolute atomic E-state index is 0.0248.